The lowest BCUT2D eigenvalue weighted by atomic mass is 10.1. The number of aromatic nitrogens is 4. The van der Waals surface area contributed by atoms with E-state index in [-0.39, 0.29) is 11.7 Å². The standard InChI is InChI=1S/C19H24N4O/c1-3-4-5-9-12-16-13-20-17-18(21-16)23(19(24)22-17)14(2)15-10-7-6-8-11-15/h6-8,10-11,13-14H,3-5,9,12H2,1-2H3,(H,20,22,24). The summed E-state index contributed by atoms with van der Waals surface area (Å²) in [4.78, 5) is 24.3. The van der Waals surface area contributed by atoms with Crippen molar-refractivity contribution in [1.82, 2.24) is 19.5 Å². The fourth-order valence-corrected chi connectivity index (χ4v) is 3.02. The van der Waals surface area contributed by atoms with Gasteiger partial charge in [-0.2, -0.15) is 0 Å². The second kappa shape index (κ2) is 7.43. The van der Waals surface area contributed by atoms with Crippen molar-refractivity contribution in [2.45, 2.75) is 52.0 Å². The number of nitrogens with zero attached hydrogens (tertiary/aromatic N) is 3. The summed E-state index contributed by atoms with van der Waals surface area (Å²) in [6, 6.07) is 9.91. The van der Waals surface area contributed by atoms with E-state index in [0.717, 1.165) is 24.1 Å². The van der Waals surface area contributed by atoms with Gasteiger partial charge in [0.05, 0.1) is 17.9 Å². The lowest BCUT2D eigenvalue weighted by Gasteiger charge is -2.13. The molecule has 2 aromatic heterocycles. The summed E-state index contributed by atoms with van der Waals surface area (Å²) >= 11 is 0. The Morgan fingerprint density at radius 2 is 1.96 bits per heavy atom. The van der Waals surface area contributed by atoms with Crippen molar-refractivity contribution in [3.63, 3.8) is 0 Å². The Labute approximate surface area is 141 Å². The Kier molecular flexibility index (Phi) is 5.08. The van der Waals surface area contributed by atoms with Gasteiger partial charge >= 0.3 is 5.69 Å². The number of benzene rings is 1. The highest BCUT2D eigenvalue weighted by Gasteiger charge is 2.17. The number of imidazole rings is 1. The van der Waals surface area contributed by atoms with Crippen LogP contribution in [0.25, 0.3) is 11.3 Å². The van der Waals surface area contributed by atoms with E-state index >= 15 is 0 Å². The number of aryl methyl sites for hydroxylation is 1. The molecule has 0 aliphatic rings. The molecule has 0 aliphatic heterocycles. The van der Waals surface area contributed by atoms with Gasteiger partial charge < -0.3 is 0 Å². The third-order valence-electron chi connectivity index (χ3n) is 4.43. The molecule has 0 saturated heterocycles. The summed E-state index contributed by atoms with van der Waals surface area (Å²) < 4.78 is 1.70. The van der Waals surface area contributed by atoms with Crippen LogP contribution in [0.1, 0.15) is 56.8 Å². The van der Waals surface area contributed by atoms with Crippen LogP contribution < -0.4 is 5.69 Å². The SMILES string of the molecule is CCCCCCc1cnc2[nH]c(=O)n(C(C)c3ccccc3)c2n1. The lowest BCUT2D eigenvalue weighted by Crippen LogP contribution is -2.21. The first-order valence-electron chi connectivity index (χ1n) is 8.71. The molecule has 1 aromatic carbocycles. The molecule has 0 saturated carbocycles. The second-order valence-electron chi connectivity index (χ2n) is 6.23. The number of fused-ring (bicyclic) bond motifs is 1. The van der Waals surface area contributed by atoms with Gasteiger partial charge in [-0.1, -0.05) is 56.5 Å². The van der Waals surface area contributed by atoms with Crippen LogP contribution in [0, 0.1) is 0 Å². The first kappa shape index (κ1) is 16.4. The molecule has 0 aliphatic carbocycles. The van der Waals surface area contributed by atoms with Crippen molar-refractivity contribution in [2.75, 3.05) is 0 Å². The number of hydrogen-bond donors (Lipinski definition) is 1. The zero-order valence-electron chi connectivity index (χ0n) is 14.3. The average molecular weight is 324 g/mol. The molecule has 2 heterocycles. The Hall–Kier alpha value is -2.43. The van der Waals surface area contributed by atoms with Crippen LogP contribution in [0.5, 0.6) is 0 Å². The van der Waals surface area contributed by atoms with Crippen LogP contribution in [0.4, 0.5) is 0 Å². The predicted octanol–water partition coefficient (Wildman–Crippen LogP) is 3.85. The molecule has 0 fully saturated rings. The Morgan fingerprint density at radius 3 is 2.71 bits per heavy atom. The molecule has 24 heavy (non-hydrogen) atoms. The Bertz CT molecular complexity index is 851. The highest BCUT2D eigenvalue weighted by Crippen LogP contribution is 2.19. The Morgan fingerprint density at radius 1 is 1.17 bits per heavy atom. The number of aromatic amines is 1. The molecule has 1 N–H and O–H groups in total. The third kappa shape index (κ3) is 3.40. The first-order chi connectivity index (χ1) is 11.7. The van der Waals surface area contributed by atoms with E-state index in [0.29, 0.717) is 11.3 Å². The maximum Gasteiger partial charge on any atom is 0.329 e. The van der Waals surface area contributed by atoms with Crippen molar-refractivity contribution in [3.8, 4) is 0 Å². The molecule has 1 atom stereocenters. The van der Waals surface area contributed by atoms with E-state index in [4.69, 9.17) is 4.98 Å². The lowest BCUT2D eigenvalue weighted by molar-refractivity contribution is 0.627. The monoisotopic (exact) mass is 324 g/mol. The van der Waals surface area contributed by atoms with Gasteiger partial charge in [-0.3, -0.25) is 9.55 Å². The maximum atomic E-state index is 12.4. The van der Waals surface area contributed by atoms with E-state index in [9.17, 15) is 4.79 Å². The zero-order chi connectivity index (χ0) is 16.9. The molecule has 5 nitrogen and oxygen atoms in total. The van der Waals surface area contributed by atoms with Gasteiger partial charge in [-0.05, 0) is 25.3 Å². The minimum atomic E-state index is -0.163. The molecule has 0 spiro atoms. The van der Waals surface area contributed by atoms with Crippen molar-refractivity contribution < 1.29 is 0 Å². The van der Waals surface area contributed by atoms with Crippen molar-refractivity contribution in [2.24, 2.45) is 0 Å². The first-order valence-corrected chi connectivity index (χ1v) is 8.71. The van der Waals surface area contributed by atoms with E-state index in [1.54, 1.807) is 10.8 Å². The fraction of sp³-hybridized carbons (Fsp3) is 0.421. The molecular weight excluding hydrogens is 300 g/mol. The fourth-order valence-electron chi connectivity index (χ4n) is 3.02. The average Bonchev–Trinajstić information content (AvgIpc) is 2.94. The molecule has 3 aromatic rings. The van der Waals surface area contributed by atoms with Gasteiger partial charge in [0.2, 0.25) is 0 Å². The largest absolute Gasteiger partial charge is 0.329 e. The van der Waals surface area contributed by atoms with Crippen molar-refractivity contribution >= 4 is 11.3 Å². The smallest absolute Gasteiger partial charge is 0.289 e. The van der Waals surface area contributed by atoms with E-state index in [2.05, 4.69) is 16.9 Å². The van der Waals surface area contributed by atoms with Crippen molar-refractivity contribution in [3.05, 3.63) is 58.3 Å². The maximum absolute atomic E-state index is 12.4. The normalized spacial score (nSPS) is 12.6. The highest BCUT2D eigenvalue weighted by atomic mass is 16.1. The van der Waals surface area contributed by atoms with Gasteiger partial charge in [-0.15, -0.1) is 0 Å². The van der Waals surface area contributed by atoms with Crippen molar-refractivity contribution in [1.29, 1.82) is 0 Å². The molecule has 3 rings (SSSR count). The van der Waals surface area contributed by atoms with Crippen LogP contribution in [0.15, 0.2) is 41.3 Å². The van der Waals surface area contributed by atoms with Gasteiger partial charge in [0, 0.05) is 0 Å². The number of unbranched alkanes of at least 4 members (excludes halogenated alkanes) is 3. The van der Waals surface area contributed by atoms with E-state index in [1.807, 2.05) is 37.3 Å². The highest BCUT2D eigenvalue weighted by molar-refractivity contribution is 5.65. The second-order valence-corrected chi connectivity index (χ2v) is 6.23. The van der Waals surface area contributed by atoms with Gasteiger partial charge in [-0.25, -0.2) is 14.8 Å². The summed E-state index contributed by atoms with van der Waals surface area (Å²) in [6.07, 6.45) is 7.46. The molecule has 126 valence electrons. The van der Waals surface area contributed by atoms with E-state index in [1.165, 1.54) is 19.3 Å². The number of rotatable bonds is 7. The number of nitrogens with one attached hydrogen (secondary N) is 1. The molecule has 0 bridgehead atoms. The molecule has 0 radical (unpaired) electrons. The Balaban J connectivity index is 1.92. The topological polar surface area (TPSA) is 63.6 Å². The van der Waals surface area contributed by atoms with Gasteiger partial charge in [0.1, 0.15) is 0 Å². The third-order valence-corrected chi connectivity index (χ3v) is 4.43. The summed E-state index contributed by atoms with van der Waals surface area (Å²) in [6.45, 7) is 4.22. The van der Waals surface area contributed by atoms with Crippen LogP contribution >= 0.6 is 0 Å². The molecule has 5 heteroatoms. The summed E-state index contributed by atoms with van der Waals surface area (Å²) in [7, 11) is 0. The quantitative estimate of drug-likeness (QED) is 0.671. The van der Waals surface area contributed by atoms with Gasteiger partial charge in [0.25, 0.3) is 0 Å². The van der Waals surface area contributed by atoms with Crippen LogP contribution in [-0.4, -0.2) is 19.5 Å². The van der Waals surface area contributed by atoms with Crippen LogP contribution in [0.2, 0.25) is 0 Å². The zero-order valence-corrected chi connectivity index (χ0v) is 14.3. The van der Waals surface area contributed by atoms with Gasteiger partial charge in [0.15, 0.2) is 11.3 Å². The summed E-state index contributed by atoms with van der Waals surface area (Å²) in [5.74, 6) is 0. The van der Waals surface area contributed by atoms with Crippen LogP contribution in [0.3, 0.4) is 0 Å². The predicted molar refractivity (Wildman–Crippen MR) is 96.2 cm³/mol. The summed E-state index contributed by atoms with van der Waals surface area (Å²) in [5.41, 5.74) is 3.07. The minimum Gasteiger partial charge on any atom is -0.289 e. The summed E-state index contributed by atoms with van der Waals surface area (Å²) in [5, 5.41) is 0. The van der Waals surface area contributed by atoms with Crippen LogP contribution in [-0.2, 0) is 6.42 Å². The molecule has 0 amide bonds. The molecule has 1 unspecified atom stereocenters. The number of H-pyrrole nitrogens is 1. The van der Waals surface area contributed by atoms with E-state index < -0.39 is 0 Å². The molecular formula is C19H24N4O. The minimum absolute atomic E-state index is 0.0860. The number of hydrogen-bond acceptors (Lipinski definition) is 3.